The molecule has 1 heterocycles. The Morgan fingerprint density at radius 3 is 2.88 bits per heavy atom. The second-order valence-corrected chi connectivity index (χ2v) is 5.34. The second kappa shape index (κ2) is 4.76. The summed E-state index contributed by atoms with van der Waals surface area (Å²) in [7, 11) is 0. The maximum atomic E-state index is 5.85. The van der Waals surface area contributed by atoms with Crippen molar-refractivity contribution in [1.29, 1.82) is 0 Å². The van der Waals surface area contributed by atoms with Gasteiger partial charge in [-0.2, -0.15) is 0 Å². The third kappa shape index (κ3) is 2.48. The molecule has 1 aromatic heterocycles. The first-order valence-electron chi connectivity index (χ1n) is 4.84. The van der Waals surface area contributed by atoms with Crippen molar-refractivity contribution >= 4 is 33.9 Å². The Hall–Kier alpha value is -1.20. The van der Waals surface area contributed by atoms with Crippen LogP contribution in [-0.4, -0.2) is 4.98 Å². The number of nitrogen functional groups attached to an aromatic ring is 2. The predicted octanol–water partition coefficient (Wildman–Crippen LogP) is 2.91. The lowest BCUT2D eigenvalue weighted by Crippen LogP contribution is -1.91. The highest BCUT2D eigenvalue weighted by Gasteiger charge is 2.04. The Bertz CT molecular complexity index is 494. The maximum absolute atomic E-state index is 5.85. The monoisotopic (exact) mass is 251 g/mol. The van der Waals surface area contributed by atoms with Crippen LogP contribution in [0.15, 0.2) is 28.5 Å². The zero-order valence-corrected chi connectivity index (χ0v) is 10.6. The minimum atomic E-state index is 0.625. The van der Waals surface area contributed by atoms with Gasteiger partial charge in [0.1, 0.15) is 0 Å². The zero-order chi connectivity index (χ0) is 11.5. The number of nitrogens with zero attached hydrogens (tertiary/aromatic N) is 1. The van der Waals surface area contributed by atoms with Crippen LogP contribution in [0.25, 0.3) is 0 Å². The average molecular weight is 251 g/mol. The summed E-state index contributed by atoms with van der Waals surface area (Å²) in [5.41, 5.74) is 14.4. The minimum Gasteiger partial charge on any atom is -0.398 e. The third-order valence-electron chi connectivity index (χ3n) is 2.27. The van der Waals surface area contributed by atoms with Crippen molar-refractivity contribution in [2.75, 3.05) is 11.5 Å². The molecular formula is C11H13N3S2. The van der Waals surface area contributed by atoms with E-state index in [1.165, 1.54) is 16.2 Å². The van der Waals surface area contributed by atoms with Crippen LogP contribution in [0.3, 0.4) is 0 Å². The van der Waals surface area contributed by atoms with Gasteiger partial charge in [0.15, 0.2) is 5.13 Å². The molecule has 0 saturated heterocycles. The van der Waals surface area contributed by atoms with Crippen molar-refractivity contribution in [3.05, 3.63) is 34.8 Å². The average Bonchev–Trinajstić information content (AvgIpc) is 2.67. The van der Waals surface area contributed by atoms with Gasteiger partial charge in [-0.25, -0.2) is 4.98 Å². The Morgan fingerprint density at radius 2 is 2.19 bits per heavy atom. The van der Waals surface area contributed by atoms with Gasteiger partial charge in [0.2, 0.25) is 0 Å². The van der Waals surface area contributed by atoms with Crippen LogP contribution in [0.5, 0.6) is 0 Å². The molecule has 0 fully saturated rings. The van der Waals surface area contributed by atoms with Gasteiger partial charge < -0.3 is 11.5 Å². The molecule has 0 saturated carbocycles. The molecule has 0 aliphatic rings. The van der Waals surface area contributed by atoms with Gasteiger partial charge in [-0.3, -0.25) is 0 Å². The van der Waals surface area contributed by atoms with Crippen molar-refractivity contribution in [2.24, 2.45) is 0 Å². The minimum absolute atomic E-state index is 0.625. The van der Waals surface area contributed by atoms with Crippen LogP contribution in [-0.2, 0) is 5.75 Å². The van der Waals surface area contributed by atoms with Crippen LogP contribution in [0, 0.1) is 6.92 Å². The summed E-state index contributed by atoms with van der Waals surface area (Å²) in [5.74, 6) is 0.831. The summed E-state index contributed by atoms with van der Waals surface area (Å²) in [4.78, 5) is 5.42. The number of rotatable bonds is 3. The van der Waals surface area contributed by atoms with Crippen molar-refractivity contribution in [2.45, 2.75) is 17.6 Å². The fourth-order valence-corrected chi connectivity index (χ4v) is 2.96. The van der Waals surface area contributed by atoms with E-state index in [1.54, 1.807) is 11.8 Å². The van der Waals surface area contributed by atoms with Gasteiger partial charge in [-0.05, 0) is 24.6 Å². The fourth-order valence-electron chi connectivity index (χ4n) is 1.33. The first-order chi connectivity index (χ1) is 7.66. The van der Waals surface area contributed by atoms with E-state index in [1.807, 2.05) is 24.4 Å². The predicted molar refractivity (Wildman–Crippen MR) is 71.7 cm³/mol. The number of aromatic nitrogens is 1. The molecule has 2 aromatic rings. The van der Waals surface area contributed by atoms with Crippen molar-refractivity contribution < 1.29 is 0 Å². The standard InChI is InChI=1S/C11H13N3S2/c1-7-9(12)3-2-4-10(7)15-5-8-6-16-11(13)14-8/h2-4,6H,5,12H2,1H3,(H2,13,14). The summed E-state index contributed by atoms with van der Waals surface area (Å²) in [6.07, 6.45) is 0. The summed E-state index contributed by atoms with van der Waals surface area (Å²) in [5, 5.41) is 2.61. The summed E-state index contributed by atoms with van der Waals surface area (Å²) in [6, 6.07) is 5.96. The number of benzene rings is 1. The molecule has 0 unspecified atom stereocenters. The number of anilines is 2. The molecule has 3 nitrogen and oxygen atoms in total. The van der Waals surface area contributed by atoms with E-state index in [0.717, 1.165) is 22.7 Å². The van der Waals surface area contributed by atoms with Crippen LogP contribution in [0.4, 0.5) is 10.8 Å². The smallest absolute Gasteiger partial charge is 0.180 e. The van der Waals surface area contributed by atoms with Crippen LogP contribution in [0.1, 0.15) is 11.3 Å². The fraction of sp³-hybridized carbons (Fsp3) is 0.182. The number of hydrogen-bond acceptors (Lipinski definition) is 5. The number of thioether (sulfide) groups is 1. The summed E-state index contributed by atoms with van der Waals surface area (Å²) >= 11 is 3.21. The molecule has 0 amide bonds. The molecule has 1 aromatic carbocycles. The normalized spacial score (nSPS) is 10.6. The Kier molecular flexibility index (Phi) is 3.36. The molecule has 0 spiro atoms. The van der Waals surface area contributed by atoms with Crippen LogP contribution >= 0.6 is 23.1 Å². The lowest BCUT2D eigenvalue weighted by atomic mass is 10.2. The van der Waals surface area contributed by atoms with Gasteiger partial charge in [0.05, 0.1) is 5.69 Å². The largest absolute Gasteiger partial charge is 0.398 e. The molecule has 0 bridgehead atoms. The van der Waals surface area contributed by atoms with Crippen molar-refractivity contribution in [3.8, 4) is 0 Å². The highest BCUT2D eigenvalue weighted by atomic mass is 32.2. The highest BCUT2D eigenvalue weighted by Crippen LogP contribution is 2.29. The van der Waals surface area contributed by atoms with Gasteiger partial charge in [0.25, 0.3) is 0 Å². The quantitative estimate of drug-likeness (QED) is 0.650. The second-order valence-electron chi connectivity index (χ2n) is 3.44. The van der Waals surface area contributed by atoms with E-state index in [0.29, 0.717) is 5.13 Å². The molecular weight excluding hydrogens is 238 g/mol. The molecule has 0 radical (unpaired) electrons. The lowest BCUT2D eigenvalue weighted by molar-refractivity contribution is 1.23. The molecule has 5 heteroatoms. The van der Waals surface area contributed by atoms with Crippen molar-refractivity contribution in [1.82, 2.24) is 4.98 Å². The molecule has 16 heavy (non-hydrogen) atoms. The van der Waals surface area contributed by atoms with Gasteiger partial charge in [-0.1, -0.05) is 6.07 Å². The van der Waals surface area contributed by atoms with Gasteiger partial charge >= 0.3 is 0 Å². The zero-order valence-electron chi connectivity index (χ0n) is 8.93. The maximum Gasteiger partial charge on any atom is 0.180 e. The SMILES string of the molecule is Cc1c(N)cccc1SCc1csc(N)n1. The van der Waals surface area contributed by atoms with E-state index in [4.69, 9.17) is 11.5 Å². The van der Waals surface area contributed by atoms with E-state index in [9.17, 15) is 0 Å². The highest BCUT2D eigenvalue weighted by molar-refractivity contribution is 7.98. The van der Waals surface area contributed by atoms with Crippen LogP contribution < -0.4 is 11.5 Å². The van der Waals surface area contributed by atoms with Gasteiger partial charge in [-0.15, -0.1) is 23.1 Å². The van der Waals surface area contributed by atoms with Gasteiger partial charge in [0, 0.05) is 21.7 Å². The molecule has 0 aliphatic heterocycles. The summed E-state index contributed by atoms with van der Waals surface area (Å²) < 4.78 is 0. The van der Waals surface area contributed by atoms with Crippen LogP contribution in [0.2, 0.25) is 0 Å². The molecule has 0 atom stereocenters. The molecule has 0 aliphatic carbocycles. The third-order valence-corrected chi connectivity index (χ3v) is 4.19. The van der Waals surface area contributed by atoms with E-state index >= 15 is 0 Å². The number of nitrogens with two attached hydrogens (primary N) is 2. The Morgan fingerprint density at radius 1 is 1.38 bits per heavy atom. The number of thiazole rings is 1. The van der Waals surface area contributed by atoms with E-state index < -0.39 is 0 Å². The molecule has 2 rings (SSSR count). The lowest BCUT2D eigenvalue weighted by Gasteiger charge is -2.06. The Labute approximate surface area is 103 Å². The topological polar surface area (TPSA) is 64.9 Å². The molecule has 4 N–H and O–H groups in total. The Balaban J connectivity index is 2.07. The first-order valence-corrected chi connectivity index (χ1v) is 6.71. The van der Waals surface area contributed by atoms with E-state index in [2.05, 4.69) is 11.1 Å². The van der Waals surface area contributed by atoms with Crippen molar-refractivity contribution in [3.63, 3.8) is 0 Å². The summed E-state index contributed by atoms with van der Waals surface area (Å²) in [6.45, 7) is 2.03. The number of hydrogen-bond donors (Lipinski definition) is 2. The first kappa shape index (κ1) is 11.3. The van der Waals surface area contributed by atoms with E-state index in [-0.39, 0.29) is 0 Å². The molecule has 84 valence electrons.